The van der Waals surface area contributed by atoms with Gasteiger partial charge < -0.3 is 10.6 Å². The molecule has 0 aliphatic rings. The molecule has 120 valence electrons. The van der Waals surface area contributed by atoms with Gasteiger partial charge in [-0.05, 0) is 43.7 Å². The second kappa shape index (κ2) is 7.90. The second-order valence-electron chi connectivity index (χ2n) is 5.30. The van der Waals surface area contributed by atoms with E-state index in [1.54, 1.807) is 24.3 Å². The van der Waals surface area contributed by atoms with Gasteiger partial charge >= 0.3 is 0 Å². The third-order valence-electron chi connectivity index (χ3n) is 3.52. The topological polar surface area (TPSA) is 58.2 Å². The van der Waals surface area contributed by atoms with Gasteiger partial charge in [0, 0.05) is 16.6 Å². The van der Waals surface area contributed by atoms with Crippen molar-refractivity contribution in [2.75, 3.05) is 11.9 Å². The van der Waals surface area contributed by atoms with Crippen LogP contribution in [0.5, 0.6) is 0 Å². The number of rotatable bonds is 6. The Balaban J connectivity index is 1.93. The van der Waals surface area contributed by atoms with Gasteiger partial charge in [0.2, 0.25) is 5.91 Å². The van der Waals surface area contributed by atoms with Crippen LogP contribution < -0.4 is 10.6 Å². The molecular formula is C18H19ClN2O2. The minimum absolute atomic E-state index is 0.0149. The van der Waals surface area contributed by atoms with Crippen LogP contribution in [0.4, 0.5) is 5.69 Å². The van der Waals surface area contributed by atoms with Crippen LogP contribution in [0.1, 0.15) is 35.8 Å². The van der Waals surface area contributed by atoms with Crippen molar-refractivity contribution in [3.63, 3.8) is 0 Å². The highest BCUT2D eigenvalue weighted by Gasteiger charge is 2.11. The van der Waals surface area contributed by atoms with Crippen molar-refractivity contribution < 1.29 is 9.59 Å². The molecule has 0 unspecified atom stereocenters. The largest absolute Gasteiger partial charge is 0.324 e. The van der Waals surface area contributed by atoms with Crippen molar-refractivity contribution in [1.82, 2.24) is 5.32 Å². The first kappa shape index (κ1) is 17.2. The third-order valence-corrected chi connectivity index (χ3v) is 3.77. The highest BCUT2D eigenvalue weighted by atomic mass is 35.5. The van der Waals surface area contributed by atoms with E-state index in [1.165, 1.54) is 6.92 Å². The monoisotopic (exact) mass is 330 g/mol. The van der Waals surface area contributed by atoms with E-state index in [0.717, 1.165) is 5.56 Å². The molecule has 2 aromatic rings. The second-order valence-corrected chi connectivity index (χ2v) is 5.74. The molecule has 1 amide bonds. The number of nitrogens with one attached hydrogen (secondary N) is 2. The predicted molar refractivity (Wildman–Crippen MR) is 92.9 cm³/mol. The van der Waals surface area contributed by atoms with Crippen molar-refractivity contribution >= 4 is 29.0 Å². The first-order chi connectivity index (χ1) is 11.0. The summed E-state index contributed by atoms with van der Waals surface area (Å²) in [4.78, 5) is 23.6. The Bertz CT molecular complexity index is 698. The van der Waals surface area contributed by atoms with Gasteiger partial charge in [0.1, 0.15) is 0 Å². The minimum atomic E-state index is -0.195. The van der Waals surface area contributed by atoms with Crippen LogP contribution in [-0.2, 0) is 4.79 Å². The number of hydrogen-bond donors (Lipinski definition) is 2. The fourth-order valence-corrected chi connectivity index (χ4v) is 2.33. The van der Waals surface area contributed by atoms with E-state index in [-0.39, 0.29) is 24.3 Å². The van der Waals surface area contributed by atoms with Gasteiger partial charge in [0.05, 0.1) is 12.2 Å². The molecule has 2 rings (SSSR count). The summed E-state index contributed by atoms with van der Waals surface area (Å²) in [5.74, 6) is -0.275. The molecule has 4 nitrogen and oxygen atoms in total. The molecule has 0 saturated heterocycles. The van der Waals surface area contributed by atoms with E-state index in [4.69, 9.17) is 11.6 Å². The fourth-order valence-electron chi connectivity index (χ4n) is 2.21. The van der Waals surface area contributed by atoms with Crippen LogP contribution in [0.15, 0.2) is 48.5 Å². The summed E-state index contributed by atoms with van der Waals surface area (Å²) in [5.41, 5.74) is 2.09. The molecule has 23 heavy (non-hydrogen) atoms. The maximum absolute atomic E-state index is 12.1. The quantitative estimate of drug-likeness (QED) is 0.791. The highest BCUT2D eigenvalue weighted by Crippen LogP contribution is 2.17. The molecule has 0 aliphatic carbocycles. The van der Waals surface area contributed by atoms with E-state index in [2.05, 4.69) is 10.6 Å². The minimum Gasteiger partial charge on any atom is -0.324 e. The summed E-state index contributed by atoms with van der Waals surface area (Å²) in [6, 6.07) is 14.5. The first-order valence-corrected chi connectivity index (χ1v) is 7.74. The van der Waals surface area contributed by atoms with Crippen LogP contribution in [-0.4, -0.2) is 18.2 Å². The molecule has 0 saturated carbocycles. The van der Waals surface area contributed by atoms with Crippen LogP contribution in [0, 0.1) is 0 Å². The summed E-state index contributed by atoms with van der Waals surface area (Å²) in [7, 11) is 0. The standard InChI is InChI=1S/C18H19ClN2O2/c1-12(14-7-9-15(19)10-8-14)20-11-18(23)21-17-6-4-3-5-16(17)13(2)22/h3-10,12,20H,11H2,1-2H3,(H,21,23)/t12-/m0/s1. The highest BCUT2D eigenvalue weighted by molar-refractivity contribution is 6.30. The SMILES string of the molecule is CC(=O)c1ccccc1NC(=O)CN[C@@H](C)c1ccc(Cl)cc1. The Hall–Kier alpha value is -2.17. The summed E-state index contributed by atoms with van der Waals surface area (Å²) < 4.78 is 0. The molecule has 0 radical (unpaired) electrons. The van der Waals surface area contributed by atoms with Crippen molar-refractivity contribution in [1.29, 1.82) is 0 Å². The molecule has 0 aromatic heterocycles. The summed E-state index contributed by atoms with van der Waals surface area (Å²) in [6.45, 7) is 3.60. The number of Topliss-reactive ketones (excluding diaryl/α,β-unsaturated/α-hetero) is 1. The number of carbonyl (C=O) groups is 2. The number of benzene rings is 2. The Labute approximate surface area is 140 Å². The van der Waals surface area contributed by atoms with Crippen molar-refractivity contribution in [2.45, 2.75) is 19.9 Å². The smallest absolute Gasteiger partial charge is 0.238 e. The molecule has 2 aromatic carbocycles. The van der Waals surface area contributed by atoms with Crippen LogP contribution >= 0.6 is 11.6 Å². The maximum Gasteiger partial charge on any atom is 0.238 e. The normalized spacial score (nSPS) is 11.8. The van der Waals surface area contributed by atoms with E-state index in [1.807, 2.05) is 31.2 Å². The Morgan fingerprint density at radius 3 is 2.39 bits per heavy atom. The average molecular weight is 331 g/mol. The number of para-hydroxylation sites is 1. The predicted octanol–water partition coefficient (Wildman–Crippen LogP) is 3.83. The zero-order valence-corrected chi connectivity index (χ0v) is 13.9. The average Bonchev–Trinajstić information content (AvgIpc) is 2.53. The van der Waals surface area contributed by atoms with Gasteiger partial charge in [-0.1, -0.05) is 35.9 Å². The number of carbonyl (C=O) groups excluding carboxylic acids is 2. The molecule has 0 heterocycles. The summed E-state index contributed by atoms with van der Waals surface area (Å²) in [5, 5.41) is 6.59. The molecule has 0 fully saturated rings. The summed E-state index contributed by atoms with van der Waals surface area (Å²) >= 11 is 5.86. The zero-order chi connectivity index (χ0) is 16.8. The first-order valence-electron chi connectivity index (χ1n) is 7.36. The van der Waals surface area contributed by atoms with Gasteiger partial charge in [0.15, 0.2) is 5.78 Å². The van der Waals surface area contributed by atoms with Crippen LogP contribution in [0.2, 0.25) is 5.02 Å². The zero-order valence-electron chi connectivity index (χ0n) is 13.1. The summed E-state index contributed by atoms with van der Waals surface area (Å²) in [6.07, 6.45) is 0. The third kappa shape index (κ3) is 4.91. The number of ketones is 1. The van der Waals surface area contributed by atoms with Crippen LogP contribution in [0.3, 0.4) is 0 Å². The van der Waals surface area contributed by atoms with Gasteiger partial charge in [-0.3, -0.25) is 9.59 Å². The molecule has 5 heteroatoms. The maximum atomic E-state index is 12.1. The van der Waals surface area contributed by atoms with Gasteiger partial charge in [-0.25, -0.2) is 0 Å². The lowest BCUT2D eigenvalue weighted by Crippen LogP contribution is -2.30. The number of halogens is 1. The number of amides is 1. The Morgan fingerprint density at radius 2 is 1.74 bits per heavy atom. The lowest BCUT2D eigenvalue weighted by molar-refractivity contribution is -0.115. The van der Waals surface area contributed by atoms with Crippen LogP contribution in [0.25, 0.3) is 0 Å². The Kier molecular flexibility index (Phi) is 5.90. The van der Waals surface area contributed by atoms with Gasteiger partial charge in [-0.15, -0.1) is 0 Å². The van der Waals surface area contributed by atoms with Gasteiger partial charge in [-0.2, -0.15) is 0 Å². The van der Waals surface area contributed by atoms with Gasteiger partial charge in [0.25, 0.3) is 0 Å². The fraction of sp³-hybridized carbons (Fsp3) is 0.222. The molecule has 0 spiro atoms. The van der Waals surface area contributed by atoms with Crippen molar-refractivity contribution in [2.24, 2.45) is 0 Å². The lowest BCUT2D eigenvalue weighted by atomic mass is 10.1. The number of hydrogen-bond acceptors (Lipinski definition) is 3. The lowest BCUT2D eigenvalue weighted by Gasteiger charge is -2.15. The molecule has 0 aliphatic heterocycles. The molecular weight excluding hydrogens is 312 g/mol. The number of anilines is 1. The van der Waals surface area contributed by atoms with E-state index in [0.29, 0.717) is 16.3 Å². The van der Waals surface area contributed by atoms with E-state index < -0.39 is 0 Å². The van der Waals surface area contributed by atoms with E-state index >= 15 is 0 Å². The Morgan fingerprint density at radius 1 is 1.09 bits per heavy atom. The molecule has 1 atom stereocenters. The van der Waals surface area contributed by atoms with Crippen molar-refractivity contribution in [3.05, 3.63) is 64.7 Å². The van der Waals surface area contributed by atoms with Crippen molar-refractivity contribution in [3.8, 4) is 0 Å². The van der Waals surface area contributed by atoms with E-state index in [9.17, 15) is 9.59 Å². The molecule has 0 bridgehead atoms. The molecule has 2 N–H and O–H groups in total.